The number of hydrogen-bond acceptors (Lipinski definition) is 5. The van der Waals surface area contributed by atoms with E-state index in [-0.39, 0.29) is 18.0 Å². The molecular formula is C19H23N3O3. The molecule has 1 aromatic carbocycles. The van der Waals surface area contributed by atoms with Crippen LogP contribution in [0.4, 0.5) is 0 Å². The van der Waals surface area contributed by atoms with Crippen LogP contribution in [0.3, 0.4) is 0 Å². The minimum atomic E-state index is -0.230. The fourth-order valence-electron chi connectivity index (χ4n) is 4.06. The molecular weight excluding hydrogens is 318 g/mol. The van der Waals surface area contributed by atoms with Crippen molar-refractivity contribution in [3.63, 3.8) is 0 Å². The molecule has 0 aliphatic carbocycles. The molecule has 0 spiro atoms. The quantitative estimate of drug-likeness (QED) is 0.922. The highest BCUT2D eigenvalue weighted by molar-refractivity contribution is 5.86. The number of piperidine rings is 1. The summed E-state index contributed by atoms with van der Waals surface area (Å²) >= 11 is 0. The van der Waals surface area contributed by atoms with Crippen LogP contribution < -0.4 is 15.2 Å². The molecule has 2 unspecified atom stereocenters. The van der Waals surface area contributed by atoms with Crippen LogP contribution >= 0.6 is 0 Å². The van der Waals surface area contributed by atoms with E-state index in [2.05, 4.69) is 9.88 Å². The van der Waals surface area contributed by atoms with Crippen molar-refractivity contribution in [3.05, 3.63) is 30.0 Å². The molecule has 2 aliphatic rings. The van der Waals surface area contributed by atoms with Crippen molar-refractivity contribution in [2.45, 2.75) is 37.8 Å². The number of primary amides is 1. The van der Waals surface area contributed by atoms with Crippen molar-refractivity contribution in [2.75, 3.05) is 20.3 Å². The first-order valence-corrected chi connectivity index (χ1v) is 8.81. The lowest BCUT2D eigenvalue weighted by Crippen LogP contribution is -2.55. The Morgan fingerprint density at radius 3 is 3.08 bits per heavy atom. The van der Waals surface area contributed by atoms with Crippen molar-refractivity contribution in [3.8, 4) is 11.5 Å². The second-order valence-electron chi connectivity index (χ2n) is 6.80. The molecule has 132 valence electrons. The Morgan fingerprint density at radius 1 is 1.40 bits per heavy atom. The number of carbonyl (C=O) groups is 1. The average molecular weight is 341 g/mol. The maximum absolute atomic E-state index is 11.9. The van der Waals surface area contributed by atoms with E-state index >= 15 is 0 Å². The van der Waals surface area contributed by atoms with Gasteiger partial charge in [-0.15, -0.1) is 0 Å². The molecule has 0 bridgehead atoms. The predicted octanol–water partition coefficient (Wildman–Crippen LogP) is 1.89. The second-order valence-corrected chi connectivity index (χ2v) is 6.80. The number of pyridine rings is 1. The molecule has 3 heterocycles. The zero-order chi connectivity index (χ0) is 17.4. The highest BCUT2D eigenvalue weighted by Crippen LogP contribution is 2.35. The van der Waals surface area contributed by atoms with Crippen LogP contribution in [0.15, 0.2) is 24.4 Å². The van der Waals surface area contributed by atoms with Gasteiger partial charge in [0.1, 0.15) is 18.1 Å². The molecule has 2 aromatic rings. The van der Waals surface area contributed by atoms with Crippen LogP contribution in [0, 0.1) is 0 Å². The summed E-state index contributed by atoms with van der Waals surface area (Å²) in [7, 11) is 1.66. The molecule has 1 aromatic heterocycles. The predicted molar refractivity (Wildman–Crippen MR) is 94.8 cm³/mol. The zero-order valence-electron chi connectivity index (χ0n) is 14.4. The molecule has 2 atom stereocenters. The van der Waals surface area contributed by atoms with Gasteiger partial charge in [0.25, 0.3) is 0 Å². The normalized spacial score (nSPS) is 23.7. The lowest BCUT2D eigenvalue weighted by molar-refractivity contribution is -0.126. The molecule has 1 amide bonds. The third-order valence-corrected chi connectivity index (χ3v) is 5.36. The summed E-state index contributed by atoms with van der Waals surface area (Å²) in [4.78, 5) is 18.6. The van der Waals surface area contributed by atoms with Gasteiger partial charge in [-0.3, -0.25) is 14.7 Å². The van der Waals surface area contributed by atoms with Gasteiger partial charge in [0, 0.05) is 17.0 Å². The highest BCUT2D eigenvalue weighted by Gasteiger charge is 2.35. The lowest BCUT2D eigenvalue weighted by Gasteiger charge is -2.41. The third kappa shape index (κ3) is 2.91. The van der Waals surface area contributed by atoms with Gasteiger partial charge in [0.15, 0.2) is 0 Å². The Bertz CT molecular complexity index is 803. The summed E-state index contributed by atoms with van der Waals surface area (Å²) in [5.74, 6) is 1.40. The van der Waals surface area contributed by atoms with Crippen molar-refractivity contribution in [1.82, 2.24) is 9.88 Å². The van der Waals surface area contributed by atoms with Gasteiger partial charge in [0.2, 0.25) is 5.91 Å². The van der Waals surface area contributed by atoms with Crippen molar-refractivity contribution >= 4 is 16.8 Å². The van der Waals surface area contributed by atoms with E-state index < -0.39 is 0 Å². The number of aromatic nitrogens is 1. The van der Waals surface area contributed by atoms with Gasteiger partial charge < -0.3 is 15.2 Å². The molecule has 2 N–H and O–H groups in total. The topological polar surface area (TPSA) is 77.7 Å². The molecule has 1 fully saturated rings. The zero-order valence-corrected chi connectivity index (χ0v) is 14.4. The third-order valence-electron chi connectivity index (χ3n) is 5.36. The van der Waals surface area contributed by atoms with Gasteiger partial charge in [-0.25, -0.2) is 0 Å². The Kier molecular flexibility index (Phi) is 4.21. The van der Waals surface area contributed by atoms with E-state index in [1.165, 1.54) is 0 Å². The molecule has 4 rings (SSSR count). The maximum atomic E-state index is 11.9. The number of hydrogen-bond donors (Lipinski definition) is 1. The van der Waals surface area contributed by atoms with Gasteiger partial charge in [-0.05, 0) is 44.0 Å². The van der Waals surface area contributed by atoms with Crippen molar-refractivity contribution < 1.29 is 14.3 Å². The van der Waals surface area contributed by atoms with E-state index in [0.29, 0.717) is 6.61 Å². The Hall–Kier alpha value is -2.34. The fourth-order valence-corrected chi connectivity index (χ4v) is 4.06. The number of benzene rings is 1. The van der Waals surface area contributed by atoms with Crippen molar-refractivity contribution in [1.29, 1.82) is 0 Å². The summed E-state index contributed by atoms with van der Waals surface area (Å²) in [6.07, 6.45) is 5.60. The largest absolute Gasteiger partial charge is 0.497 e. The minimum absolute atomic E-state index is 0.155. The summed E-state index contributed by atoms with van der Waals surface area (Å²) < 4.78 is 11.4. The number of ether oxygens (including phenoxy) is 2. The number of nitrogens with two attached hydrogens (primary N) is 1. The number of amides is 1. The molecule has 25 heavy (non-hydrogen) atoms. The van der Waals surface area contributed by atoms with Crippen LogP contribution in [-0.2, 0) is 11.2 Å². The van der Waals surface area contributed by atoms with E-state index in [0.717, 1.165) is 60.2 Å². The van der Waals surface area contributed by atoms with Crippen LogP contribution in [-0.4, -0.2) is 48.1 Å². The molecule has 6 nitrogen and oxygen atoms in total. The van der Waals surface area contributed by atoms with Crippen LogP contribution in [0.2, 0.25) is 0 Å². The van der Waals surface area contributed by atoms with Crippen LogP contribution in [0.1, 0.15) is 24.8 Å². The summed E-state index contributed by atoms with van der Waals surface area (Å²) in [5, 5.41) is 1.05. The first kappa shape index (κ1) is 16.1. The number of nitrogens with zero attached hydrogens (tertiary/aromatic N) is 2. The van der Waals surface area contributed by atoms with Crippen molar-refractivity contribution in [2.24, 2.45) is 5.73 Å². The van der Waals surface area contributed by atoms with Gasteiger partial charge in [-0.2, -0.15) is 0 Å². The number of likely N-dealkylation sites (tertiary alicyclic amines) is 1. The Morgan fingerprint density at radius 2 is 2.28 bits per heavy atom. The number of carbonyl (C=O) groups excluding carboxylic acids is 1. The van der Waals surface area contributed by atoms with E-state index in [1.807, 2.05) is 18.2 Å². The molecule has 2 aliphatic heterocycles. The molecule has 6 heteroatoms. The van der Waals surface area contributed by atoms with E-state index in [4.69, 9.17) is 15.2 Å². The molecule has 0 radical (unpaired) electrons. The number of fused-ring (bicyclic) bond motifs is 3. The smallest absolute Gasteiger partial charge is 0.234 e. The van der Waals surface area contributed by atoms with E-state index in [1.54, 1.807) is 13.3 Å². The minimum Gasteiger partial charge on any atom is -0.497 e. The first-order valence-electron chi connectivity index (χ1n) is 8.81. The molecule has 0 saturated carbocycles. The first-order chi connectivity index (χ1) is 12.2. The fraction of sp³-hybridized carbons (Fsp3) is 0.474. The van der Waals surface area contributed by atoms with E-state index in [9.17, 15) is 4.79 Å². The monoisotopic (exact) mass is 341 g/mol. The lowest BCUT2D eigenvalue weighted by atomic mass is 9.93. The SMILES string of the molecule is COc1ccc2ncc3c(c2c1)CC(N1CCCCC1C(N)=O)CO3. The summed E-state index contributed by atoms with van der Waals surface area (Å²) in [6, 6.07) is 5.85. The van der Waals surface area contributed by atoms with Gasteiger partial charge in [-0.1, -0.05) is 6.42 Å². The number of rotatable bonds is 3. The standard InChI is InChI=1S/C19H23N3O3/c1-24-13-5-6-16-14(9-13)15-8-12(11-25-18(15)10-21-16)22-7-3-2-4-17(22)19(20)23/h5-6,9-10,12,17H,2-4,7-8,11H2,1H3,(H2,20,23). The number of methoxy groups -OCH3 is 1. The van der Waals surface area contributed by atoms with Crippen LogP contribution in [0.25, 0.3) is 10.9 Å². The van der Waals surface area contributed by atoms with Crippen LogP contribution in [0.5, 0.6) is 11.5 Å². The molecule has 1 saturated heterocycles. The average Bonchev–Trinajstić information content (AvgIpc) is 2.67. The highest BCUT2D eigenvalue weighted by atomic mass is 16.5. The van der Waals surface area contributed by atoms with Gasteiger partial charge >= 0.3 is 0 Å². The van der Waals surface area contributed by atoms with Gasteiger partial charge in [0.05, 0.1) is 24.9 Å². The second kappa shape index (κ2) is 6.52. The summed E-state index contributed by atoms with van der Waals surface area (Å²) in [6.45, 7) is 1.46. The summed E-state index contributed by atoms with van der Waals surface area (Å²) in [5.41, 5.74) is 7.70. The Balaban J connectivity index is 1.69. The maximum Gasteiger partial charge on any atom is 0.234 e. The Labute approximate surface area is 146 Å².